The van der Waals surface area contributed by atoms with Gasteiger partial charge in [0.1, 0.15) is 12.1 Å². The summed E-state index contributed by atoms with van der Waals surface area (Å²) in [5.74, 6) is 0.975. The molecule has 148 valence electrons. The first-order valence-electron chi connectivity index (χ1n) is 9.17. The maximum absolute atomic E-state index is 13.0. The van der Waals surface area contributed by atoms with E-state index in [1.54, 1.807) is 36.8 Å². The van der Waals surface area contributed by atoms with Gasteiger partial charge < -0.3 is 15.1 Å². The molecule has 1 aromatic carbocycles. The number of aromatic nitrogens is 1. The van der Waals surface area contributed by atoms with Gasteiger partial charge >= 0.3 is 0 Å². The van der Waals surface area contributed by atoms with Crippen LogP contribution in [0.5, 0.6) is 0 Å². The van der Waals surface area contributed by atoms with Gasteiger partial charge in [0, 0.05) is 42.4 Å². The van der Waals surface area contributed by atoms with Crippen molar-refractivity contribution in [2.24, 2.45) is 4.99 Å². The van der Waals surface area contributed by atoms with Gasteiger partial charge in [0.05, 0.1) is 5.69 Å². The molecule has 7 heteroatoms. The van der Waals surface area contributed by atoms with Crippen LogP contribution in [0.2, 0.25) is 0 Å². The van der Waals surface area contributed by atoms with Crippen molar-refractivity contribution in [2.45, 2.75) is 25.7 Å². The minimum Gasteiger partial charge on any atom is -0.444 e. The van der Waals surface area contributed by atoms with Gasteiger partial charge in [-0.05, 0) is 35.7 Å². The zero-order valence-corrected chi connectivity index (χ0v) is 17.1. The van der Waals surface area contributed by atoms with Crippen molar-refractivity contribution < 1.29 is 8.81 Å². The van der Waals surface area contributed by atoms with Gasteiger partial charge in [-0.1, -0.05) is 19.9 Å². The lowest BCUT2D eigenvalue weighted by atomic mass is 9.91. The van der Waals surface area contributed by atoms with Crippen LogP contribution in [0, 0.1) is 5.82 Å². The molecule has 0 aliphatic carbocycles. The largest absolute Gasteiger partial charge is 0.444 e. The number of thiophene rings is 1. The molecule has 28 heavy (non-hydrogen) atoms. The molecule has 3 rings (SSSR count). The Kier molecular flexibility index (Phi) is 6.46. The highest BCUT2D eigenvalue weighted by molar-refractivity contribution is 7.10. The number of nitrogens with one attached hydrogen (secondary N) is 2. The predicted molar refractivity (Wildman–Crippen MR) is 112 cm³/mol. The summed E-state index contributed by atoms with van der Waals surface area (Å²) >= 11 is 1.77. The van der Waals surface area contributed by atoms with E-state index in [9.17, 15) is 4.39 Å². The van der Waals surface area contributed by atoms with Crippen LogP contribution in [0.4, 0.5) is 4.39 Å². The summed E-state index contributed by atoms with van der Waals surface area (Å²) in [5, 5.41) is 8.79. The third kappa shape index (κ3) is 5.19. The molecule has 3 aromatic rings. The number of nitrogens with zero attached hydrogens (tertiary/aromatic N) is 2. The van der Waals surface area contributed by atoms with E-state index in [0.29, 0.717) is 18.9 Å². The highest BCUT2D eigenvalue weighted by Gasteiger charge is 2.21. The summed E-state index contributed by atoms with van der Waals surface area (Å²) in [7, 11) is 1.76. The Morgan fingerprint density at radius 1 is 1.21 bits per heavy atom. The molecule has 0 aliphatic heterocycles. The Hall–Kier alpha value is -2.67. The van der Waals surface area contributed by atoms with Crippen LogP contribution < -0.4 is 10.6 Å². The smallest absolute Gasteiger partial charge is 0.226 e. The summed E-state index contributed by atoms with van der Waals surface area (Å²) in [6.45, 7) is 5.89. The van der Waals surface area contributed by atoms with Crippen molar-refractivity contribution in [3.8, 4) is 11.5 Å². The van der Waals surface area contributed by atoms with E-state index in [0.717, 1.165) is 23.8 Å². The van der Waals surface area contributed by atoms with Crippen molar-refractivity contribution in [1.29, 1.82) is 0 Å². The Labute approximate surface area is 168 Å². The van der Waals surface area contributed by atoms with E-state index in [2.05, 4.69) is 52.0 Å². The summed E-state index contributed by atoms with van der Waals surface area (Å²) in [5.41, 5.74) is 1.62. The standard InChI is InChI=1S/C21H25FN4OS/c1-21(2,18-5-4-12-28-18)14-25-20(23-3)24-11-10-17-13-27-19(26-17)15-6-8-16(22)9-7-15/h4-9,12-13H,10-11,14H2,1-3H3,(H2,23,24,25). The SMILES string of the molecule is CN=C(NCCc1coc(-c2ccc(F)cc2)n1)NCC(C)(C)c1cccs1. The second-order valence-corrected chi connectivity index (χ2v) is 8.06. The minimum atomic E-state index is -0.277. The molecule has 0 bridgehead atoms. The topological polar surface area (TPSA) is 62.5 Å². The molecule has 0 unspecified atom stereocenters. The van der Waals surface area contributed by atoms with Gasteiger partial charge in [-0.3, -0.25) is 4.99 Å². The van der Waals surface area contributed by atoms with Gasteiger partial charge in [0.2, 0.25) is 5.89 Å². The van der Waals surface area contributed by atoms with E-state index in [1.807, 2.05) is 0 Å². The second-order valence-electron chi connectivity index (χ2n) is 7.11. The predicted octanol–water partition coefficient (Wildman–Crippen LogP) is 4.23. The number of guanidine groups is 1. The van der Waals surface area contributed by atoms with Gasteiger partial charge in [-0.2, -0.15) is 0 Å². The van der Waals surface area contributed by atoms with E-state index >= 15 is 0 Å². The maximum Gasteiger partial charge on any atom is 0.226 e. The van der Waals surface area contributed by atoms with E-state index in [-0.39, 0.29) is 11.2 Å². The highest BCUT2D eigenvalue weighted by Crippen LogP contribution is 2.26. The molecule has 5 nitrogen and oxygen atoms in total. The molecule has 2 heterocycles. The number of oxazole rings is 1. The fourth-order valence-corrected chi connectivity index (χ4v) is 3.58. The van der Waals surface area contributed by atoms with Crippen molar-refractivity contribution in [3.63, 3.8) is 0 Å². The molecule has 0 spiro atoms. The summed E-state index contributed by atoms with van der Waals surface area (Å²) in [4.78, 5) is 10.1. The number of hydrogen-bond acceptors (Lipinski definition) is 4. The number of rotatable bonds is 7. The van der Waals surface area contributed by atoms with E-state index < -0.39 is 0 Å². The average molecular weight is 401 g/mol. The molecule has 2 N–H and O–H groups in total. The molecular formula is C21H25FN4OS. The second kappa shape index (κ2) is 9.01. The van der Waals surface area contributed by atoms with Crippen LogP contribution in [0.15, 0.2) is 57.5 Å². The zero-order chi connectivity index (χ0) is 20.0. The first-order chi connectivity index (χ1) is 13.5. The molecule has 2 aromatic heterocycles. The zero-order valence-electron chi connectivity index (χ0n) is 16.3. The third-order valence-electron chi connectivity index (χ3n) is 4.43. The third-order valence-corrected chi connectivity index (χ3v) is 5.66. The van der Waals surface area contributed by atoms with Gasteiger partial charge in [0.15, 0.2) is 5.96 Å². The van der Waals surface area contributed by atoms with Crippen LogP contribution in [0.1, 0.15) is 24.4 Å². The van der Waals surface area contributed by atoms with Crippen molar-refractivity contribution in [2.75, 3.05) is 20.1 Å². The molecule has 0 aliphatic rings. The van der Waals surface area contributed by atoms with Crippen molar-refractivity contribution in [1.82, 2.24) is 15.6 Å². The molecule has 0 atom stereocenters. The maximum atomic E-state index is 13.0. The number of benzene rings is 1. The first-order valence-corrected chi connectivity index (χ1v) is 10.0. The first kappa shape index (κ1) is 20.1. The Morgan fingerprint density at radius 3 is 2.68 bits per heavy atom. The monoisotopic (exact) mass is 400 g/mol. The minimum absolute atomic E-state index is 0.0297. The quantitative estimate of drug-likeness (QED) is 0.460. The highest BCUT2D eigenvalue weighted by atomic mass is 32.1. The van der Waals surface area contributed by atoms with E-state index in [1.165, 1.54) is 17.0 Å². The van der Waals surface area contributed by atoms with Gasteiger partial charge in [-0.25, -0.2) is 9.37 Å². The van der Waals surface area contributed by atoms with Gasteiger partial charge in [-0.15, -0.1) is 11.3 Å². The number of aliphatic imine (C=N–C) groups is 1. The molecule has 0 saturated carbocycles. The fourth-order valence-electron chi connectivity index (χ4n) is 2.73. The average Bonchev–Trinajstić information content (AvgIpc) is 3.37. The molecule has 0 amide bonds. The van der Waals surface area contributed by atoms with Crippen molar-refractivity contribution >= 4 is 17.3 Å². The van der Waals surface area contributed by atoms with Crippen molar-refractivity contribution in [3.05, 3.63) is 64.4 Å². The number of halogens is 1. The summed E-state index contributed by atoms with van der Waals surface area (Å²) in [6.07, 6.45) is 2.33. The van der Waals surface area contributed by atoms with Crippen LogP contribution >= 0.6 is 11.3 Å². The lowest BCUT2D eigenvalue weighted by Gasteiger charge is -2.25. The lowest BCUT2D eigenvalue weighted by Crippen LogP contribution is -2.43. The Bertz CT molecular complexity index is 901. The number of hydrogen-bond donors (Lipinski definition) is 2. The molecule has 0 saturated heterocycles. The molecule has 0 fully saturated rings. The van der Waals surface area contributed by atoms with Gasteiger partial charge in [0.25, 0.3) is 0 Å². The van der Waals surface area contributed by atoms with E-state index in [4.69, 9.17) is 4.42 Å². The lowest BCUT2D eigenvalue weighted by molar-refractivity contribution is 0.518. The Balaban J connectivity index is 1.48. The van der Waals surface area contributed by atoms with Crippen LogP contribution in [-0.4, -0.2) is 31.1 Å². The molecule has 0 radical (unpaired) electrons. The summed E-state index contributed by atoms with van der Waals surface area (Å²) < 4.78 is 18.5. The van der Waals surface area contributed by atoms with Crippen LogP contribution in [-0.2, 0) is 11.8 Å². The fraction of sp³-hybridized carbons (Fsp3) is 0.333. The normalized spacial score (nSPS) is 12.2. The van der Waals surface area contributed by atoms with Crippen LogP contribution in [0.25, 0.3) is 11.5 Å². The summed E-state index contributed by atoms with van der Waals surface area (Å²) in [6, 6.07) is 10.3. The Morgan fingerprint density at radius 2 is 2.00 bits per heavy atom. The van der Waals surface area contributed by atoms with Crippen LogP contribution in [0.3, 0.4) is 0 Å². The molecular weight excluding hydrogens is 375 g/mol.